The summed E-state index contributed by atoms with van der Waals surface area (Å²) < 4.78 is 33.1. The van der Waals surface area contributed by atoms with Crippen molar-refractivity contribution in [3.63, 3.8) is 0 Å². The third-order valence-electron chi connectivity index (χ3n) is 6.05. The zero-order valence-corrected chi connectivity index (χ0v) is 19.4. The van der Waals surface area contributed by atoms with Gasteiger partial charge in [-0.1, -0.05) is 20.3 Å². The van der Waals surface area contributed by atoms with Gasteiger partial charge in [-0.15, -0.1) is 0 Å². The van der Waals surface area contributed by atoms with Gasteiger partial charge in [-0.3, -0.25) is 9.69 Å². The molecule has 1 N–H and O–H groups in total. The van der Waals surface area contributed by atoms with Crippen LogP contribution in [0.3, 0.4) is 0 Å². The Hall–Kier alpha value is -2.16. The lowest BCUT2D eigenvalue weighted by Crippen LogP contribution is -2.41. The van der Waals surface area contributed by atoms with Gasteiger partial charge in [-0.25, -0.2) is 8.42 Å². The Kier molecular flexibility index (Phi) is 7.91. The number of benzene rings is 1. The van der Waals surface area contributed by atoms with Crippen molar-refractivity contribution in [2.24, 2.45) is 0 Å². The maximum absolute atomic E-state index is 13.0. The second-order valence-corrected chi connectivity index (χ2v) is 9.84. The highest BCUT2D eigenvalue weighted by atomic mass is 32.2. The van der Waals surface area contributed by atoms with Crippen LogP contribution in [-0.4, -0.2) is 55.8 Å². The number of piperidine rings is 1. The van der Waals surface area contributed by atoms with Gasteiger partial charge in [0, 0.05) is 24.7 Å². The van der Waals surface area contributed by atoms with Crippen molar-refractivity contribution in [1.82, 2.24) is 14.5 Å². The first-order valence-corrected chi connectivity index (χ1v) is 12.5. The second kappa shape index (κ2) is 10.4. The summed E-state index contributed by atoms with van der Waals surface area (Å²) >= 11 is 0. The van der Waals surface area contributed by atoms with Gasteiger partial charge in [0.25, 0.3) is 5.91 Å². The van der Waals surface area contributed by atoms with Crippen LogP contribution in [0.4, 0.5) is 0 Å². The first kappa shape index (κ1) is 23.5. The highest BCUT2D eigenvalue weighted by Gasteiger charge is 2.31. The van der Waals surface area contributed by atoms with E-state index >= 15 is 0 Å². The molecule has 170 valence electrons. The number of carbonyl (C=O) groups excluding carboxylic acids is 1. The number of furan rings is 1. The van der Waals surface area contributed by atoms with Crippen LogP contribution in [0.1, 0.15) is 62.2 Å². The Morgan fingerprint density at radius 2 is 1.90 bits per heavy atom. The molecule has 0 aliphatic carbocycles. The van der Waals surface area contributed by atoms with Crippen molar-refractivity contribution in [2.75, 3.05) is 26.2 Å². The minimum Gasteiger partial charge on any atom is -0.468 e. The third-order valence-corrected chi connectivity index (χ3v) is 8.07. The van der Waals surface area contributed by atoms with E-state index in [4.69, 9.17) is 4.42 Å². The van der Waals surface area contributed by atoms with Crippen LogP contribution in [0.5, 0.6) is 0 Å². The Morgan fingerprint density at radius 1 is 1.19 bits per heavy atom. The minimum absolute atomic E-state index is 0.000311. The number of hydrogen-bond acceptors (Lipinski definition) is 5. The van der Waals surface area contributed by atoms with E-state index < -0.39 is 10.0 Å². The van der Waals surface area contributed by atoms with Crippen molar-refractivity contribution in [1.29, 1.82) is 0 Å². The molecule has 2 heterocycles. The number of carbonyl (C=O) groups is 1. The van der Waals surface area contributed by atoms with Crippen LogP contribution in [-0.2, 0) is 10.0 Å². The zero-order chi connectivity index (χ0) is 22.4. The number of hydrogen-bond donors (Lipinski definition) is 1. The molecule has 1 aromatic carbocycles. The fourth-order valence-electron chi connectivity index (χ4n) is 4.19. The van der Waals surface area contributed by atoms with Gasteiger partial charge < -0.3 is 9.73 Å². The molecule has 31 heavy (non-hydrogen) atoms. The van der Waals surface area contributed by atoms with E-state index in [1.807, 2.05) is 19.1 Å². The molecule has 8 heteroatoms. The Bertz CT molecular complexity index is 938. The van der Waals surface area contributed by atoms with Crippen molar-refractivity contribution < 1.29 is 17.6 Å². The molecule has 7 nitrogen and oxygen atoms in total. The monoisotopic (exact) mass is 447 g/mol. The van der Waals surface area contributed by atoms with Crippen molar-refractivity contribution in [2.45, 2.75) is 57.0 Å². The molecule has 1 aliphatic rings. The molecular formula is C23H33N3O4S. The predicted octanol–water partition coefficient (Wildman–Crippen LogP) is 3.66. The van der Waals surface area contributed by atoms with Crippen molar-refractivity contribution in [3.05, 3.63) is 54.0 Å². The van der Waals surface area contributed by atoms with E-state index in [0.29, 0.717) is 18.7 Å². The molecule has 1 aliphatic heterocycles. The van der Waals surface area contributed by atoms with Gasteiger partial charge >= 0.3 is 0 Å². The molecule has 0 radical (unpaired) electrons. The first-order chi connectivity index (χ1) is 14.9. The lowest BCUT2D eigenvalue weighted by Gasteiger charge is -2.32. The summed E-state index contributed by atoms with van der Waals surface area (Å²) in [6, 6.07) is 9.91. The van der Waals surface area contributed by atoms with E-state index in [0.717, 1.165) is 38.1 Å². The predicted molar refractivity (Wildman–Crippen MR) is 120 cm³/mol. The lowest BCUT2D eigenvalue weighted by atomic mass is 10.1. The summed E-state index contributed by atoms with van der Waals surface area (Å²) in [5, 5.41) is 2.96. The van der Waals surface area contributed by atoms with Crippen LogP contribution in [0.25, 0.3) is 0 Å². The molecule has 1 amide bonds. The molecule has 2 atom stereocenters. The van der Waals surface area contributed by atoms with Gasteiger partial charge in [0.05, 0.1) is 17.2 Å². The maximum Gasteiger partial charge on any atom is 0.251 e. The largest absolute Gasteiger partial charge is 0.468 e. The Labute approximate surface area is 185 Å². The lowest BCUT2D eigenvalue weighted by molar-refractivity contribution is 0.0929. The summed E-state index contributed by atoms with van der Waals surface area (Å²) in [6.07, 6.45) is 4.45. The molecule has 3 rings (SSSR count). The quantitative estimate of drug-likeness (QED) is 0.634. The second-order valence-electron chi connectivity index (χ2n) is 7.95. The number of amides is 1. The van der Waals surface area contributed by atoms with E-state index in [1.54, 1.807) is 22.7 Å². The van der Waals surface area contributed by atoms with Gasteiger partial charge in [0.2, 0.25) is 10.0 Å². The molecule has 1 fully saturated rings. The summed E-state index contributed by atoms with van der Waals surface area (Å²) in [7, 11) is -3.54. The van der Waals surface area contributed by atoms with Crippen molar-refractivity contribution >= 4 is 15.9 Å². The number of nitrogens with zero attached hydrogens (tertiary/aromatic N) is 2. The van der Waals surface area contributed by atoms with Gasteiger partial charge in [-0.2, -0.15) is 4.31 Å². The van der Waals surface area contributed by atoms with Gasteiger partial charge in [0.1, 0.15) is 5.76 Å². The van der Waals surface area contributed by atoms with E-state index in [2.05, 4.69) is 24.1 Å². The average Bonchev–Trinajstić information content (AvgIpc) is 3.31. The van der Waals surface area contributed by atoms with Crippen LogP contribution in [0, 0.1) is 0 Å². The topological polar surface area (TPSA) is 82.9 Å². The average molecular weight is 448 g/mol. The Balaban J connectivity index is 1.68. The highest BCUT2D eigenvalue weighted by molar-refractivity contribution is 7.89. The van der Waals surface area contributed by atoms with Crippen molar-refractivity contribution in [3.8, 4) is 0 Å². The first-order valence-electron chi connectivity index (χ1n) is 11.1. The number of rotatable bonds is 9. The fraction of sp³-hybridized carbons (Fsp3) is 0.522. The van der Waals surface area contributed by atoms with E-state index in [9.17, 15) is 13.2 Å². The Morgan fingerprint density at radius 3 is 2.48 bits per heavy atom. The smallest absolute Gasteiger partial charge is 0.251 e. The van der Waals surface area contributed by atoms with Crippen LogP contribution in [0.15, 0.2) is 52.0 Å². The van der Waals surface area contributed by atoms with Crippen LogP contribution >= 0.6 is 0 Å². The molecule has 0 saturated carbocycles. The van der Waals surface area contributed by atoms with Gasteiger partial charge in [0.15, 0.2) is 0 Å². The summed E-state index contributed by atoms with van der Waals surface area (Å²) in [4.78, 5) is 15.2. The molecule has 1 saturated heterocycles. The molecule has 2 aromatic rings. The van der Waals surface area contributed by atoms with Gasteiger partial charge in [-0.05, 0) is 69.3 Å². The summed E-state index contributed by atoms with van der Waals surface area (Å²) in [5.74, 6) is 0.570. The normalized spacial score (nSPS) is 18.8. The van der Waals surface area contributed by atoms with Crippen LogP contribution in [0.2, 0.25) is 0 Å². The molecule has 0 spiro atoms. The van der Waals surface area contributed by atoms with Crippen LogP contribution < -0.4 is 5.32 Å². The fourth-order valence-corrected chi connectivity index (χ4v) is 5.89. The van der Waals surface area contributed by atoms with E-state index in [1.165, 1.54) is 12.1 Å². The number of nitrogens with one attached hydrogen (secondary N) is 1. The summed E-state index contributed by atoms with van der Waals surface area (Å²) in [5.41, 5.74) is 0.434. The molecule has 2 unspecified atom stereocenters. The zero-order valence-electron chi connectivity index (χ0n) is 18.6. The molecular weight excluding hydrogens is 414 g/mol. The highest BCUT2D eigenvalue weighted by Crippen LogP contribution is 2.25. The third kappa shape index (κ3) is 5.37. The SMILES string of the molecule is CCN(CC)C(CNC(=O)c1ccc(S(=O)(=O)N2CCCCC2C)cc1)c1ccco1. The molecule has 0 bridgehead atoms. The number of likely N-dealkylation sites (N-methyl/N-ethyl adjacent to an activating group) is 1. The number of sulfonamides is 1. The maximum atomic E-state index is 13.0. The molecule has 1 aromatic heterocycles. The van der Waals surface area contributed by atoms with E-state index in [-0.39, 0.29) is 22.9 Å². The minimum atomic E-state index is -3.54. The summed E-state index contributed by atoms with van der Waals surface area (Å²) in [6.45, 7) is 8.71. The standard InChI is InChI=1S/C23H33N3O4S/c1-4-25(5-2)21(22-10-8-16-30-22)17-24-23(27)19-11-13-20(14-12-19)31(28,29)26-15-7-6-9-18(26)3/h8,10-14,16,18,21H,4-7,9,15,17H2,1-3H3,(H,24,27).